The average Bonchev–Trinajstić information content (AvgIpc) is 3.54. The van der Waals surface area contributed by atoms with E-state index in [4.69, 9.17) is 13.7 Å². The van der Waals surface area contributed by atoms with Crippen molar-refractivity contribution in [3.8, 4) is 17.1 Å². The third-order valence-corrected chi connectivity index (χ3v) is 5.68. The van der Waals surface area contributed by atoms with Crippen molar-refractivity contribution < 1.29 is 22.9 Å². The molecule has 0 fully saturated rings. The zero-order valence-corrected chi connectivity index (χ0v) is 18.5. The standard InChI is InChI=1S/C25H21FN4O4/c1-15-21(24-28-23(29-34-24)17-5-3-6-18(26)13-17)22(16-8-10-19(32-2)11-9-16)27-25(31)30(15)14-20-7-4-12-33-20/h3-13,22H,14H2,1-2H3,(H,27,31). The number of nitrogens with zero attached hydrogens (tertiary/aromatic N) is 3. The van der Waals surface area contributed by atoms with Crippen LogP contribution in [0.5, 0.6) is 5.75 Å². The lowest BCUT2D eigenvalue weighted by Crippen LogP contribution is -2.45. The number of carbonyl (C=O) groups excluding carboxylic acids is 1. The summed E-state index contributed by atoms with van der Waals surface area (Å²) in [4.78, 5) is 19.2. The summed E-state index contributed by atoms with van der Waals surface area (Å²) < 4.78 is 30.0. The highest BCUT2D eigenvalue weighted by Crippen LogP contribution is 2.38. The number of carbonyl (C=O) groups is 1. The molecule has 0 radical (unpaired) electrons. The van der Waals surface area contributed by atoms with Crippen LogP contribution in [0.3, 0.4) is 0 Å². The lowest BCUT2D eigenvalue weighted by molar-refractivity contribution is 0.199. The van der Waals surface area contributed by atoms with Gasteiger partial charge in [0, 0.05) is 11.3 Å². The van der Waals surface area contributed by atoms with E-state index in [0.717, 1.165) is 5.56 Å². The molecule has 1 unspecified atom stereocenters. The first-order valence-electron chi connectivity index (χ1n) is 10.6. The minimum atomic E-state index is -0.549. The number of nitrogens with one attached hydrogen (secondary N) is 1. The first kappa shape index (κ1) is 21.4. The number of allylic oxidation sites excluding steroid dienone is 1. The second kappa shape index (κ2) is 8.86. The number of rotatable bonds is 6. The molecule has 0 bridgehead atoms. The maximum absolute atomic E-state index is 13.7. The van der Waals surface area contributed by atoms with Gasteiger partial charge in [0.25, 0.3) is 5.89 Å². The van der Waals surface area contributed by atoms with Gasteiger partial charge < -0.3 is 19.0 Å². The smallest absolute Gasteiger partial charge is 0.322 e. The summed E-state index contributed by atoms with van der Waals surface area (Å²) in [6.45, 7) is 2.05. The van der Waals surface area contributed by atoms with Crippen molar-refractivity contribution in [3.05, 3.63) is 95.7 Å². The van der Waals surface area contributed by atoms with Gasteiger partial charge in [0.05, 0.1) is 31.5 Å². The Morgan fingerprint density at radius 1 is 1.15 bits per heavy atom. The van der Waals surface area contributed by atoms with Crippen LogP contribution in [0.2, 0.25) is 0 Å². The number of furan rings is 1. The average molecular weight is 460 g/mol. The minimum Gasteiger partial charge on any atom is -0.497 e. The van der Waals surface area contributed by atoms with E-state index in [1.807, 2.05) is 31.2 Å². The highest BCUT2D eigenvalue weighted by molar-refractivity contribution is 5.86. The van der Waals surface area contributed by atoms with Gasteiger partial charge in [0.1, 0.15) is 17.3 Å². The second-order valence-electron chi connectivity index (χ2n) is 7.75. The molecule has 0 spiro atoms. The third kappa shape index (κ3) is 4.03. The summed E-state index contributed by atoms with van der Waals surface area (Å²) in [6.07, 6.45) is 1.56. The number of urea groups is 1. The van der Waals surface area contributed by atoms with Crippen LogP contribution in [0.1, 0.15) is 30.2 Å². The normalized spacial score (nSPS) is 16.0. The maximum atomic E-state index is 13.7. The first-order valence-corrected chi connectivity index (χ1v) is 10.6. The van der Waals surface area contributed by atoms with Crippen molar-refractivity contribution in [2.45, 2.75) is 19.5 Å². The fraction of sp³-hybridized carbons (Fsp3) is 0.160. The molecule has 9 heteroatoms. The van der Waals surface area contributed by atoms with E-state index < -0.39 is 11.9 Å². The van der Waals surface area contributed by atoms with Crippen LogP contribution in [0, 0.1) is 5.82 Å². The van der Waals surface area contributed by atoms with Crippen molar-refractivity contribution in [2.75, 3.05) is 7.11 Å². The summed E-state index contributed by atoms with van der Waals surface area (Å²) >= 11 is 0. The topological polar surface area (TPSA) is 93.6 Å². The quantitative estimate of drug-likeness (QED) is 0.426. The molecule has 1 atom stereocenters. The SMILES string of the molecule is COc1ccc(C2NC(=O)N(Cc3ccco3)C(C)=C2c2nc(-c3cccc(F)c3)no2)cc1. The van der Waals surface area contributed by atoms with E-state index >= 15 is 0 Å². The molecule has 0 saturated carbocycles. The monoisotopic (exact) mass is 460 g/mol. The van der Waals surface area contributed by atoms with E-state index in [2.05, 4.69) is 15.5 Å². The van der Waals surface area contributed by atoms with E-state index in [1.165, 1.54) is 12.1 Å². The van der Waals surface area contributed by atoms with Crippen molar-refractivity contribution in [2.24, 2.45) is 0 Å². The lowest BCUT2D eigenvalue weighted by Gasteiger charge is -2.34. The van der Waals surface area contributed by atoms with Gasteiger partial charge in [-0.15, -0.1) is 0 Å². The number of ether oxygens (including phenoxy) is 1. The van der Waals surface area contributed by atoms with Crippen molar-refractivity contribution in [1.82, 2.24) is 20.4 Å². The molecular formula is C25H21FN4O4. The molecule has 2 amide bonds. The lowest BCUT2D eigenvalue weighted by atomic mass is 9.94. The number of hydrogen-bond donors (Lipinski definition) is 1. The summed E-state index contributed by atoms with van der Waals surface area (Å²) in [5.41, 5.74) is 2.56. The zero-order valence-electron chi connectivity index (χ0n) is 18.5. The summed E-state index contributed by atoms with van der Waals surface area (Å²) in [6, 6.07) is 16.0. The van der Waals surface area contributed by atoms with Gasteiger partial charge in [-0.25, -0.2) is 9.18 Å². The van der Waals surface area contributed by atoms with Gasteiger partial charge in [-0.2, -0.15) is 4.98 Å². The van der Waals surface area contributed by atoms with E-state index in [9.17, 15) is 9.18 Å². The molecule has 1 aliphatic rings. The number of amides is 2. The van der Waals surface area contributed by atoms with Crippen molar-refractivity contribution in [3.63, 3.8) is 0 Å². The van der Waals surface area contributed by atoms with E-state index in [1.54, 1.807) is 42.5 Å². The largest absolute Gasteiger partial charge is 0.497 e. The second-order valence-corrected chi connectivity index (χ2v) is 7.75. The van der Waals surface area contributed by atoms with Gasteiger partial charge in [-0.1, -0.05) is 29.4 Å². The van der Waals surface area contributed by atoms with Crippen LogP contribution >= 0.6 is 0 Å². The maximum Gasteiger partial charge on any atom is 0.322 e. The number of benzene rings is 2. The molecule has 3 heterocycles. The molecule has 4 aromatic rings. The third-order valence-electron chi connectivity index (χ3n) is 5.68. The van der Waals surface area contributed by atoms with Gasteiger partial charge in [0.2, 0.25) is 5.82 Å². The number of methoxy groups -OCH3 is 1. The predicted octanol–water partition coefficient (Wildman–Crippen LogP) is 5.18. The Balaban J connectivity index is 1.59. The van der Waals surface area contributed by atoms with Crippen LogP contribution in [-0.4, -0.2) is 28.2 Å². The highest BCUT2D eigenvalue weighted by Gasteiger charge is 2.36. The highest BCUT2D eigenvalue weighted by atomic mass is 19.1. The molecule has 1 N–H and O–H groups in total. The van der Waals surface area contributed by atoms with Crippen LogP contribution in [0.25, 0.3) is 17.0 Å². The molecule has 0 aliphatic carbocycles. The molecule has 2 aromatic heterocycles. The predicted molar refractivity (Wildman–Crippen MR) is 121 cm³/mol. The summed E-state index contributed by atoms with van der Waals surface area (Å²) in [5.74, 6) is 1.39. The Bertz CT molecular complexity index is 1350. The Hall–Kier alpha value is -4.40. The minimum absolute atomic E-state index is 0.224. The van der Waals surface area contributed by atoms with E-state index in [-0.39, 0.29) is 24.3 Å². The molecule has 34 heavy (non-hydrogen) atoms. The fourth-order valence-corrected chi connectivity index (χ4v) is 3.93. The summed E-state index contributed by atoms with van der Waals surface area (Å²) in [5, 5.41) is 7.08. The van der Waals surface area contributed by atoms with Crippen molar-refractivity contribution in [1.29, 1.82) is 0 Å². The molecule has 172 valence electrons. The molecule has 0 saturated heterocycles. The van der Waals surface area contributed by atoms with Crippen LogP contribution < -0.4 is 10.1 Å². The first-order chi connectivity index (χ1) is 16.5. The van der Waals surface area contributed by atoms with Gasteiger partial charge in [-0.05, 0) is 48.9 Å². The fourth-order valence-electron chi connectivity index (χ4n) is 3.93. The Labute approximate surface area is 194 Å². The van der Waals surface area contributed by atoms with Gasteiger partial charge >= 0.3 is 6.03 Å². The molecule has 2 aromatic carbocycles. The molecule has 8 nitrogen and oxygen atoms in total. The van der Waals surface area contributed by atoms with Gasteiger partial charge in [0.15, 0.2) is 0 Å². The summed E-state index contributed by atoms with van der Waals surface area (Å²) in [7, 11) is 1.59. The molecule has 1 aliphatic heterocycles. The van der Waals surface area contributed by atoms with Crippen LogP contribution in [-0.2, 0) is 6.54 Å². The number of halogens is 1. The molecule has 5 rings (SSSR count). The Morgan fingerprint density at radius 2 is 1.97 bits per heavy atom. The zero-order chi connectivity index (χ0) is 23.7. The van der Waals surface area contributed by atoms with Gasteiger partial charge in [-0.3, -0.25) is 4.90 Å². The molecular weight excluding hydrogens is 439 g/mol. The number of aromatic nitrogens is 2. The van der Waals surface area contributed by atoms with Crippen LogP contribution in [0.4, 0.5) is 9.18 Å². The van der Waals surface area contributed by atoms with E-state index in [0.29, 0.717) is 28.3 Å². The Morgan fingerprint density at radius 3 is 2.68 bits per heavy atom. The Kier molecular flexibility index (Phi) is 5.59. The van der Waals surface area contributed by atoms with Crippen molar-refractivity contribution >= 4 is 11.6 Å². The number of hydrogen-bond acceptors (Lipinski definition) is 6. The van der Waals surface area contributed by atoms with Crippen LogP contribution in [0.15, 0.2) is 81.6 Å².